The van der Waals surface area contributed by atoms with E-state index in [2.05, 4.69) is 20.2 Å². The van der Waals surface area contributed by atoms with E-state index < -0.39 is 5.82 Å². The smallest absolute Gasteiger partial charge is 0.150 e. The molecule has 0 spiro atoms. The molecule has 1 fully saturated rings. The first-order chi connectivity index (χ1) is 18.5. The third kappa shape index (κ3) is 6.21. The third-order valence-electron chi connectivity index (χ3n) is 6.09. The molecular weight excluding hydrogens is 516 g/mol. The summed E-state index contributed by atoms with van der Waals surface area (Å²) in [5, 5.41) is 3.74. The van der Waals surface area contributed by atoms with Crippen molar-refractivity contribution >= 4 is 39.7 Å². The maximum absolute atomic E-state index is 15.0. The standard InChI is InChI=1S/C27H26ClF2N5O3/c28-20-12-24(21(30)13-25(20)38-15-17-2-1-3-18(29)10-17)34-27-19-11-22(31)26(14-23(19)32-16-33-27)37-9-6-35-4-7-36-8-5-35/h1-3,10-14,16H,4-9,15,31H2,(H,32,33,34). The van der Waals surface area contributed by atoms with E-state index in [0.29, 0.717) is 40.3 Å². The Labute approximate surface area is 223 Å². The van der Waals surface area contributed by atoms with E-state index in [1.807, 2.05) is 0 Å². The highest BCUT2D eigenvalue weighted by molar-refractivity contribution is 6.32. The second-order valence-electron chi connectivity index (χ2n) is 8.74. The van der Waals surface area contributed by atoms with Crippen molar-refractivity contribution in [2.24, 2.45) is 0 Å². The summed E-state index contributed by atoms with van der Waals surface area (Å²) in [7, 11) is 0. The van der Waals surface area contributed by atoms with Gasteiger partial charge in [-0.2, -0.15) is 0 Å². The molecule has 3 N–H and O–H groups in total. The van der Waals surface area contributed by atoms with Gasteiger partial charge in [0.2, 0.25) is 0 Å². The van der Waals surface area contributed by atoms with Crippen LogP contribution in [0.15, 0.2) is 54.9 Å². The molecule has 0 saturated carbocycles. The average Bonchev–Trinajstić information content (AvgIpc) is 2.91. The Hall–Kier alpha value is -3.73. The van der Waals surface area contributed by atoms with Gasteiger partial charge in [-0.3, -0.25) is 4.90 Å². The number of nitrogen functional groups attached to an aromatic ring is 1. The highest BCUT2D eigenvalue weighted by Gasteiger charge is 2.15. The minimum absolute atomic E-state index is 0.0381. The van der Waals surface area contributed by atoms with Crippen LogP contribution < -0.4 is 20.5 Å². The van der Waals surface area contributed by atoms with Crippen LogP contribution in [0.1, 0.15) is 5.56 Å². The van der Waals surface area contributed by atoms with E-state index >= 15 is 0 Å². The van der Waals surface area contributed by atoms with E-state index in [0.717, 1.165) is 32.8 Å². The number of fused-ring (bicyclic) bond motifs is 1. The molecule has 1 aliphatic heterocycles. The first-order valence-corrected chi connectivity index (χ1v) is 12.4. The summed E-state index contributed by atoms with van der Waals surface area (Å²) in [6, 6.07) is 12.0. The van der Waals surface area contributed by atoms with Gasteiger partial charge in [0.05, 0.1) is 35.1 Å². The Kier molecular flexibility index (Phi) is 8.02. The zero-order valence-electron chi connectivity index (χ0n) is 20.4. The summed E-state index contributed by atoms with van der Waals surface area (Å²) < 4.78 is 45.3. The molecule has 4 aromatic rings. The molecule has 5 rings (SSSR count). The average molecular weight is 542 g/mol. The molecule has 0 unspecified atom stereocenters. The highest BCUT2D eigenvalue weighted by atomic mass is 35.5. The van der Waals surface area contributed by atoms with Gasteiger partial charge in [-0.05, 0) is 29.8 Å². The molecule has 0 amide bonds. The number of halogens is 3. The number of benzene rings is 3. The van der Waals surface area contributed by atoms with Gasteiger partial charge in [0.15, 0.2) is 0 Å². The van der Waals surface area contributed by atoms with Crippen molar-refractivity contribution in [3.05, 3.63) is 77.1 Å². The van der Waals surface area contributed by atoms with Crippen molar-refractivity contribution in [2.45, 2.75) is 6.61 Å². The van der Waals surface area contributed by atoms with Crippen molar-refractivity contribution in [1.82, 2.24) is 14.9 Å². The van der Waals surface area contributed by atoms with Crippen molar-refractivity contribution in [3.8, 4) is 11.5 Å². The Bertz CT molecular complexity index is 1440. The molecule has 0 radical (unpaired) electrons. The van der Waals surface area contributed by atoms with Gasteiger partial charge in [0.25, 0.3) is 0 Å². The Morgan fingerprint density at radius 3 is 2.68 bits per heavy atom. The minimum atomic E-state index is -0.605. The fraction of sp³-hybridized carbons (Fsp3) is 0.259. The normalized spacial score (nSPS) is 14.0. The molecule has 8 nitrogen and oxygen atoms in total. The van der Waals surface area contributed by atoms with Crippen LogP contribution in [0.5, 0.6) is 11.5 Å². The van der Waals surface area contributed by atoms with Crippen LogP contribution in [-0.4, -0.2) is 54.3 Å². The number of ether oxygens (including phenoxy) is 3. The van der Waals surface area contributed by atoms with E-state index in [4.69, 9.17) is 31.5 Å². The maximum atomic E-state index is 15.0. The fourth-order valence-electron chi connectivity index (χ4n) is 4.09. The quantitative estimate of drug-likeness (QED) is 0.280. The lowest BCUT2D eigenvalue weighted by Gasteiger charge is -2.26. The number of hydrogen-bond acceptors (Lipinski definition) is 8. The van der Waals surface area contributed by atoms with Crippen LogP contribution >= 0.6 is 11.6 Å². The number of morpholine rings is 1. The molecule has 0 aliphatic carbocycles. The number of nitrogens with one attached hydrogen (secondary N) is 1. The largest absolute Gasteiger partial charge is 0.490 e. The van der Waals surface area contributed by atoms with Gasteiger partial charge in [0.1, 0.15) is 48.5 Å². The molecule has 1 aromatic heterocycles. The molecule has 0 bridgehead atoms. The molecule has 1 saturated heterocycles. The van der Waals surface area contributed by atoms with E-state index in [9.17, 15) is 8.78 Å². The van der Waals surface area contributed by atoms with Crippen LogP contribution in [0.4, 0.5) is 26.0 Å². The topological polar surface area (TPSA) is 94.8 Å². The van der Waals surface area contributed by atoms with Crippen molar-refractivity contribution in [3.63, 3.8) is 0 Å². The van der Waals surface area contributed by atoms with Crippen molar-refractivity contribution in [2.75, 3.05) is 50.5 Å². The predicted molar refractivity (Wildman–Crippen MR) is 142 cm³/mol. The minimum Gasteiger partial charge on any atom is -0.490 e. The van der Waals surface area contributed by atoms with Crippen LogP contribution in [-0.2, 0) is 11.3 Å². The zero-order valence-corrected chi connectivity index (χ0v) is 21.2. The van der Waals surface area contributed by atoms with Gasteiger partial charge in [-0.1, -0.05) is 23.7 Å². The number of aromatic nitrogens is 2. The molecule has 198 valence electrons. The lowest BCUT2D eigenvalue weighted by atomic mass is 10.2. The summed E-state index contributed by atoms with van der Waals surface area (Å²) in [6.07, 6.45) is 1.37. The van der Waals surface area contributed by atoms with E-state index in [-0.39, 0.29) is 28.9 Å². The van der Waals surface area contributed by atoms with Gasteiger partial charge in [-0.15, -0.1) is 0 Å². The third-order valence-corrected chi connectivity index (χ3v) is 6.39. The first-order valence-electron chi connectivity index (χ1n) is 12.1. The molecular formula is C27H26ClF2N5O3. The van der Waals surface area contributed by atoms with Crippen LogP contribution in [0.2, 0.25) is 5.02 Å². The van der Waals surface area contributed by atoms with Crippen molar-refractivity contribution < 1.29 is 23.0 Å². The fourth-order valence-corrected chi connectivity index (χ4v) is 4.30. The lowest BCUT2D eigenvalue weighted by molar-refractivity contribution is 0.0323. The number of hydrogen-bond donors (Lipinski definition) is 2. The number of rotatable bonds is 9. The number of nitrogens with zero attached hydrogens (tertiary/aromatic N) is 3. The zero-order chi connectivity index (χ0) is 26.5. The molecule has 11 heteroatoms. The Morgan fingerprint density at radius 1 is 1.03 bits per heavy atom. The highest BCUT2D eigenvalue weighted by Crippen LogP contribution is 2.35. The molecule has 0 atom stereocenters. The van der Waals surface area contributed by atoms with E-state index in [1.165, 1.54) is 30.6 Å². The maximum Gasteiger partial charge on any atom is 0.150 e. The lowest BCUT2D eigenvalue weighted by Crippen LogP contribution is -2.38. The van der Waals surface area contributed by atoms with Gasteiger partial charge >= 0.3 is 0 Å². The number of nitrogens with two attached hydrogens (primary N) is 1. The van der Waals surface area contributed by atoms with Gasteiger partial charge in [0, 0.05) is 37.2 Å². The Morgan fingerprint density at radius 2 is 1.87 bits per heavy atom. The predicted octanol–water partition coefficient (Wildman–Crippen LogP) is 5.18. The monoisotopic (exact) mass is 541 g/mol. The summed E-state index contributed by atoms with van der Waals surface area (Å²) in [5.41, 5.74) is 7.94. The summed E-state index contributed by atoms with van der Waals surface area (Å²) in [4.78, 5) is 10.8. The second kappa shape index (κ2) is 11.8. The summed E-state index contributed by atoms with van der Waals surface area (Å²) in [5.74, 6) is 0.0165. The first kappa shape index (κ1) is 25.9. The van der Waals surface area contributed by atoms with Crippen LogP contribution in [0.25, 0.3) is 10.9 Å². The molecule has 3 aromatic carbocycles. The van der Waals surface area contributed by atoms with Crippen molar-refractivity contribution in [1.29, 1.82) is 0 Å². The molecule has 1 aliphatic rings. The van der Waals surface area contributed by atoms with Gasteiger partial charge in [-0.25, -0.2) is 18.7 Å². The Balaban J connectivity index is 1.29. The second-order valence-corrected chi connectivity index (χ2v) is 9.15. The van der Waals surface area contributed by atoms with E-state index in [1.54, 1.807) is 24.3 Å². The number of anilines is 3. The SMILES string of the molecule is Nc1cc2c(Nc3cc(Cl)c(OCc4cccc(F)c4)cc3F)ncnc2cc1OCCN1CCOCC1. The summed E-state index contributed by atoms with van der Waals surface area (Å²) in [6.45, 7) is 4.47. The van der Waals surface area contributed by atoms with Crippen LogP contribution in [0, 0.1) is 11.6 Å². The molecule has 2 heterocycles. The molecule has 38 heavy (non-hydrogen) atoms. The summed E-state index contributed by atoms with van der Waals surface area (Å²) >= 11 is 6.35. The van der Waals surface area contributed by atoms with Gasteiger partial charge < -0.3 is 25.3 Å². The van der Waals surface area contributed by atoms with Crippen LogP contribution in [0.3, 0.4) is 0 Å².